The molecule has 1 saturated carbocycles. The lowest BCUT2D eigenvalue weighted by atomic mass is 9.95. The van der Waals surface area contributed by atoms with Gasteiger partial charge in [-0.2, -0.15) is 0 Å². The third kappa shape index (κ3) is 2.87. The number of halogens is 1. The van der Waals surface area contributed by atoms with Crippen LogP contribution in [0.4, 0.5) is 15.8 Å². The van der Waals surface area contributed by atoms with Gasteiger partial charge in [-0.05, 0) is 18.9 Å². The number of carbonyl (C=O) groups is 1. The minimum absolute atomic E-state index is 0.0192. The van der Waals surface area contributed by atoms with E-state index in [0.29, 0.717) is 0 Å². The summed E-state index contributed by atoms with van der Waals surface area (Å²) in [7, 11) is 0. The zero-order chi connectivity index (χ0) is 14.7. The predicted octanol–water partition coefficient (Wildman–Crippen LogP) is 2.38. The Balaban J connectivity index is 2.24. The molecule has 108 valence electrons. The maximum atomic E-state index is 13.7. The van der Waals surface area contributed by atoms with Crippen LogP contribution in [0.2, 0.25) is 0 Å². The van der Waals surface area contributed by atoms with Crippen molar-refractivity contribution in [2.24, 2.45) is 0 Å². The molecule has 1 aromatic carbocycles. The molecule has 1 fully saturated rings. The van der Waals surface area contributed by atoms with Gasteiger partial charge in [0.2, 0.25) is 0 Å². The van der Waals surface area contributed by atoms with E-state index in [1.165, 1.54) is 0 Å². The molecule has 1 amide bonds. The third-order valence-corrected chi connectivity index (χ3v) is 3.54. The first-order valence-electron chi connectivity index (χ1n) is 6.54. The summed E-state index contributed by atoms with van der Waals surface area (Å²) in [5.74, 6) is -1.53. The lowest BCUT2D eigenvalue weighted by Gasteiger charge is -2.23. The number of benzene rings is 1. The molecule has 0 radical (unpaired) electrons. The van der Waals surface area contributed by atoms with Crippen molar-refractivity contribution in [3.63, 3.8) is 0 Å². The number of nitrogen functional groups attached to an aromatic ring is 1. The molecule has 0 bridgehead atoms. The summed E-state index contributed by atoms with van der Waals surface area (Å²) < 4.78 is 13.7. The average molecular weight is 281 g/mol. The number of rotatable bonds is 3. The van der Waals surface area contributed by atoms with Crippen LogP contribution in [-0.2, 0) is 0 Å². The van der Waals surface area contributed by atoms with Gasteiger partial charge in [0.1, 0.15) is 17.1 Å². The van der Waals surface area contributed by atoms with Gasteiger partial charge in [0.05, 0.1) is 4.92 Å². The lowest BCUT2D eigenvalue weighted by molar-refractivity contribution is -0.384. The molecule has 1 aromatic rings. The summed E-state index contributed by atoms with van der Waals surface area (Å²) in [6.07, 6.45) is 4.82. The fourth-order valence-electron chi connectivity index (χ4n) is 2.48. The van der Waals surface area contributed by atoms with E-state index in [9.17, 15) is 19.3 Å². The van der Waals surface area contributed by atoms with Crippen molar-refractivity contribution in [3.05, 3.63) is 33.6 Å². The number of anilines is 1. The fraction of sp³-hybridized carbons (Fsp3) is 0.462. The van der Waals surface area contributed by atoms with Crippen LogP contribution >= 0.6 is 0 Å². The highest BCUT2D eigenvalue weighted by molar-refractivity contribution is 6.01. The van der Waals surface area contributed by atoms with Gasteiger partial charge in [0.15, 0.2) is 0 Å². The molecule has 0 spiro atoms. The molecule has 2 rings (SSSR count). The number of amides is 1. The van der Waals surface area contributed by atoms with E-state index >= 15 is 0 Å². The number of nitro groups is 1. The molecule has 1 aliphatic carbocycles. The number of nitrogens with zero attached hydrogens (tertiary/aromatic N) is 1. The van der Waals surface area contributed by atoms with Crippen LogP contribution < -0.4 is 11.1 Å². The van der Waals surface area contributed by atoms with Gasteiger partial charge in [-0.25, -0.2) is 4.39 Å². The first kappa shape index (κ1) is 14.2. The van der Waals surface area contributed by atoms with Gasteiger partial charge in [-0.1, -0.05) is 19.3 Å². The van der Waals surface area contributed by atoms with Crippen molar-refractivity contribution in [1.82, 2.24) is 5.32 Å². The van der Waals surface area contributed by atoms with Gasteiger partial charge in [0, 0.05) is 12.1 Å². The highest BCUT2D eigenvalue weighted by Crippen LogP contribution is 2.28. The topological polar surface area (TPSA) is 98.3 Å². The zero-order valence-corrected chi connectivity index (χ0v) is 10.9. The number of nitrogens with one attached hydrogen (secondary N) is 1. The number of carbonyl (C=O) groups excluding carboxylic acids is 1. The van der Waals surface area contributed by atoms with E-state index < -0.39 is 33.6 Å². The van der Waals surface area contributed by atoms with Crippen molar-refractivity contribution >= 4 is 17.3 Å². The minimum atomic E-state index is -0.846. The molecule has 1 aliphatic rings. The first-order chi connectivity index (χ1) is 9.50. The summed E-state index contributed by atoms with van der Waals surface area (Å²) in [6, 6.07) is 1.83. The first-order valence-corrected chi connectivity index (χ1v) is 6.54. The molecular weight excluding hydrogens is 265 g/mol. The van der Waals surface area contributed by atoms with E-state index in [4.69, 9.17) is 5.73 Å². The van der Waals surface area contributed by atoms with Crippen LogP contribution in [0, 0.1) is 15.9 Å². The van der Waals surface area contributed by atoms with E-state index in [0.717, 1.165) is 44.2 Å². The smallest absolute Gasteiger partial charge is 0.293 e. The van der Waals surface area contributed by atoms with Gasteiger partial charge in [-0.3, -0.25) is 14.9 Å². The van der Waals surface area contributed by atoms with Crippen LogP contribution in [0.5, 0.6) is 0 Å². The van der Waals surface area contributed by atoms with Gasteiger partial charge >= 0.3 is 0 Å². The predicted molar refractivity (Wildman–Crippen MR) is 71.8 cm³/mol. The summed E-state index contributed by atoms with van der Waals surface area (Å²) in [6.45, 7) is 0. The molecule has 0 saturated heterocycles. The third-order valence-electron chi connectivity index (χ3n) is 3.54. The summed E-state index contributed by atoms with van der Waals surface area (Å²) in [5.41, 5.74) is 4.22. The molecular formula is C13H16FN3O3. The van der Waals surface area contributed by atoms with Crippen LogP contribution in [0.15, 0.2) is 12.1 Å². The summed E-state index contributed by atoms with van der Waals surface area (Å²) in [4.78, 5) is 22.1. The number of nitro benzene ring substituents is 1. The quantitative estimate of drug-likeness (QED) is 0.505. The molecule has 7 heteroatoms. The maximum Gasteiger partial charge on any atom is 0.293 e. The Bertz CT molecular complexity index is 542. The Morgan fingerprint density at radius 1 is 1.35 bits per heavy atom. The van der Waals surface area contributed by atoms with Crippen molar-refractivity contribution < 1.29 is 14.1 Å². The van der Waals surface area contributed by atoms with Crippen LogP contribution in [0.3, 0.4) is 0 Å². The second kappa shape index (κ2) is 5.85. The highest BCUT2D eigenvalue weighted by Gasteiger charge is 2.25. The molecule has 0 aromatic heterocycles. The second-order valence-electron chi connectivity index (χ2n) is 4.92. The van der Waals surface area contributed by atoms with Crippen molar-refractivity contribution in [3.8, 4) is 0 Å². The second-order valence-corrected chi connectivity index (χ2v) is 4.92. The highest BCUT2D eigenvalue weighted by atomic mass is 19.1. The number of hydrogen-bond acceptors (Lipinski definition) is 4. The van der Waals surface area contributed by atoms with Crippen molar-refractivity contribution in [1.29, 1.82) is 0 Å². The Kier molecular flexibility index (Phi) is 4.16. The Morgan fingerprint density at radius 3 is 2.60 bits per heavy atom. The van der Waals surface area contributed by atoms with E-state index in [-0.39, 0.29) is 6.04 Å². The number of hydrogen-bond donors (Lipinski definition) is 2. The Labute approximate surface area is 115 Å². The fourth-order valence-corrected chi connectivity index (χ4v) is 2.48. The lowest BCUT2D eigenvalue weighted by Crippen LogP contribution is -2.37. The van der Waals surface area contributed by atoms with Crippen molar-refractivity contribution in [2.75, 3.05) is 5.73 Å². The van der Waals surface area contributed by atoms with Crippen LogP contribution in [0.25, 0.3) is 0 Å². The maximum absolute atomic E-state index is 13.7. The van der Waals surface area contributed by atoms with Crippen LogP contribution in [-0.4, -0.2) is 16.9 Å². The normalized spacial score (nSPS) is 15.8. The monoisotopic (exact) mass is 281 g/mol. The zero-order valence-electron chi connectivity index (χ0n) is 10.9. The van der Waals surface area contributed by atoms with Gasteiger partial charge in [-0.15, -0.1) is 0 Å². The van der Waals surface area contributed by atoms with E-state index in [1.54, 1.807) is 0 Å². The molecule has 6 nitrogen and oxygen atoms in total. The molecule has 0 heterocycles. The molecule has 3 N–H and O–H groups in total. The van der Waals surface area contributed by atoms with E-state index in [1.807, 2.05) is 0 Å². The van der Waals surface area contributed by atoms with E-state index in [2.05, 4.69) is 5.32 Å². The van der Waals surface area contributed by atoms with Crippen LogP contribution in [0.1, 0.15) is 42.5 Å². The standard InChI is InChI=1S/C13H16FN3O3/c14-9-6-7-10(17(19)20)12(15)11(9)13(18)16-8-4-2-1-3-5-8/h6-8H,1-5,15H2,(H,16,18). The molecule has 20 heavy (non-hydrogen) atoms. The minimum Gasteiger partial charge on any atom is -0.392 e. The molecule has 0 atom stereocenters. The summed E-state index contributed by atoms with van der Waals surface area (Å²) in [5, 5.41) is 13.5. The molecule has 0 unspecified atom stereocenters. The molecule has 0 aliphatic heterocycles. The van der Waals surface area contributed by atoms with Gasteiger partial charge in [0.25, 0.3) is 11.6 Å². The number of nitrogens with two attached hydrogens (primary N) is 1. The average Bonchev–Trinajstić information content (AvgIpc) is 2.39. The Hall–Kier alpha value is -2.18. The SMILES string of the molecule is Nc1c([N+](=O)[O-])ccc(F)c1C(=O)NC1CCCCC1. The van der Waals surface area contributed by atoms with Crippen molar-refractivity contribution in [2.45, 2.75) is 38.1 Å². The summed E-state index contributed by atoms with van der Waals surface area (Å²) >= 11 is 0. The largest absolute Gasteiger partial charge is 0.392 e. The van der Waals surface area contributed by atoms with Gasteiger partial charge < -0.3 is 11.1 Å². The Morgan fingerprint density at radius 2 is 2.00 bits per heavy atom.